The molecule has 4 nitrogen and oxygen atoms in total. The summed E-state index contributed by atoms with van der Waals surface area (Å²) in [4.78, 5) is 15.5. The Morgan fingerprint density at radius 1 is 1.33 bits per heavy atom. The second-order valence-corrected chi connectivity index (χ2v) is 6.03. The number of benzene rings is 1. The predicted molar refractivity (Wildman–Crippen MR) is 90.0 cm³/mol. The van der Waals surface area contributed by atoms with Crippen molar-refractivity contribution in [1.82, 2.24) is 10.2 Å². The lowest BCUT2D eigenvalue weighted by molar-refractivity contribution is -0.127. The Morgan fingerprint density at radius 3 is 2.48 bits per heavy atom. The molecule has 21 heavy (non-hydrogen) atoms. The van der Waals surface area contributed by atoms with Gasteiger partial charge in [0.05, 0.1) is 17.3 Å². The Labute approximate surface area is 133 Å². The largest absolute Gasteiger partial charge is 0.361 e. The van der Waals surface area contributed by atoms with Crippen molar-refractivity contribution in [2.45, 2.75) is 33.4 Å². The average molecular weight is 312 g/mol. The molecule has 0 bridgehead atoms. The van der Waals surface area contributed by atoms with Gasteiger partial charge in [-0.15, -0.1) is 0 Å². The van der Waals surface area contributed by atoms with E-state index in [1.807, 2.05) is 24.0 Å². The molecule has 1 N–H and O–H groups in total. The van der Waals surface area contributed by atoms with Gasteiger partial charge in [0.25, 0.3) is 0 Å². The molecule has 1 rings (SSSR count). The number of rotatable bonds is 7. The molecular weight excluding hydrogens is 286 g/mol. The summed E-state index contributed by atoms with van der Waals surface area (Å²) in [6.07, 6.45) is 0. The molecule has 118 valence electrons. The summed E-state index contributed by atoms with van der Waals surface area (Å²) in [5.41, 5.74) is 2.05. The molecule has 0 spiro atoms. The van der Waals surface area contributed by atoms with Gasteiger partial charge >= 0.3 is 0 Å². The highest BCUT2D eigenvalue weighted by molar-refractivity contribution is 6.33. The number of likely N-dealkylation sites (N-methyl/N-ethyl adjacent to an activating group) is 2. The number of nitrogens with one attached hydrogen (secondary N) is 1. The van der Waals surface area contributed by atoms with Gasteiger partial charge in [0.1, 0.15) is 0 Å². The summed E-state index contributed by atoms with van der Waals surface area (Å²) in [7, 11) is 3.52. The fraction of sp³-hybridized carbons (Fsp3) is 0.562. The van der Waals surface area contributed by atoms with Gasteiger partial charge in [0.2, 0.25) is 5.91 Å². The zero-order valence-corrected chi connectivity index (χ0v) is 14.4. The molecule has 0 fully saturated rings. The van der Waals surface area contributed by atoms with Crippen molar-refractivity contribution in [1.29, 1.82) is 0 Å². The molecule has 1 aromatic rings. The highest BCUT2D eigenvalue weighted by Gasteiger charge is 2.14. The number of carbonyl (C=O) groups is 1. The molecule has 0 aromatic heterocycles. The van der Waals surface area contributed by atoms with Crippen LogP contribution in [-0.4, -0.2) is 44.0 Å². The number of amides is 1. The Hall–Kier alpha value is -1.26. The van der Waals surface area contributed by atoms with Crippen LogP contribution in [0.5, 0.6) is 0 Å². The second kappa shape index (κ2) is 8.25. The van der Waals surface area contributed by atoms with E-state index in [2.05, 4.69) is 25.2 Å². The van der Waals surface area contributed by atoms with Gasteiger partial charge < -0.3 is 15.1 Å². The first-order valence-electron chi connectivity index (χ1n) is 7.32. The van der Waals surface area contributed by atoms with Crippen LogP contribution in [-0.2, 0) is 11.3 Å². The summed E-state index contributed by atoms with van der Waals surface area (Å²) >= 11 is 6.39. The maximum Gasteiger partial charge on any atom is 0.241 e. The highest BCUT2D eigenvalue weighted by atomic mass is 35.5. The maximum atomic E-state index is 11.9. The Kier molecular flexibility index (Phi) is 6.99. The highest BCUT2D eigenvalue weighted by Crippen LogP contribution is 2.27. The Balaban J connectivity index is 2.83. The van der Waals surface area contributed by atoms with Crippen LogP contribution in [0, 0.1) is 0 Å². The molecule has 5 heteroatoms. The first-order chi connectivity index (χ1) is 9.85. The van der Waals surface area contributed by atoms with Gasteiger partial charge in [0.15, 0.2) is 0 Å². The fourth-order valence-electron chi connectivity index (χ4n) is 1.91. The smallest absolute Gasteiger partial charge is 0.241 e. The van der Waals surface area contributed by atoms with Crippen molar-refractivity contribution in [2.24, 2.45) is 0 Å². The molecule has 0 atom stereocenters. The van der Waals surface area contributed by atoms with E-state index < -0.39 is 0 Å². The topological polar surface area (TPSA) is 35.6 Å². The first-order valence-corrected chi connectivity index (χ1v) is 7.69. The van der Waals surface area contributed by atoms with E-state index in [0.717, 1.165) is 24.3 Å². The molecule has 0 aliphatic heterocycles. The van der Waals surface area contributed by atoms with Crippen LogP contribution in [0.1, 0.15) is 26.3 Å². The van der Waals surface area contributed by atoms with Crippen molar-refractivity contribution < 1.29 is 4.79 Å². The number of anilines is 1. The lowest BCUT2D eigenvalue weighted by Crippen LogP contribution is -2.36. The lowest BCUT2D eigenvalue weighted by atomic mass is 10.1. The molecule has 0 heterocycles. The normalized spacial score (nSPS) is 10.8. The van der Waals surface area contributed by atoms with Gasteiger partial charge in [-0.1, -0.05) is 31.5 Å². The lowest BCUT2D eigenvalue weighted by Gasteiger charge is -2.25. The van der Waals surface area contributed by atoms with Crippen LogP contribution in [0.4, 0.5) is 5.69 Å². The molecule has 0 saturated carbocycles. The molecule has 0 aliphatic carbocycles. The molecule has 1 amide bonds. The van der Waals surface area contributed by atoms with Crippen molar-refractivity contribution in [3.8, 4) is 0 Å². The van der Waals surface area contributed by atoms with Crippen LogP contribution in [0.2, 0.25) is 5.02 Å². The zero-order valence-electron chi connectivity index (χ0n) is 13.6. The summed E-state index contributed by atoms with van der Waals surface area (Å²) in [5.74, 6) is 0.0680. The Bertz CT molecular complexity index is 475. The van der Waals surface area contributed by atoms with Crippen LogP contribution in [0.3, 0.4) is 0 Å². The fourth-order valence-corrected chi connectivity index (χ4v) is 2.23. The summed E-state index contributed by atoms with van der Waals surface area (Å²) in [6, 6.07) is 6.45. The predicted octanol–water partition coefficient (Wildman–Crippen LogP) is 2.75. The van der Waals surface area contributed by atoms with Gasteiger partial charge in [-0.3, -0.25) is 4.79 Å². The van der Waals surface area contributed by atoms with Crippen LogP contribution in [0.15, 0.2) is 18.2 Å². The van der Waals surface area contributed by atoms with E-state index in [1.165, 1.54) is 0 Å². The molecular formula is C16H26ClN3O. The molecule has 0 saturated heterocycles. The summed E-state index contributed by atoms with van der Waals surface area (Å²) in [5, 5.41) is 4.05. The molecule has 0 aliphatic rings. The number of carbonyl (C=O) groups excluding carboxylic acids is 1. The van der Waals surface area contributed by atoms with E-state index in [9.17, 15) is 4.79 Å². The summed E-state index contributed by atoms with van der Waals surface area (Å²) in [6.45, 7) is 8.12. The van der Waals surface area contributed by atoms with E-state index >= 15 is 0 Å². The number of halogens is 1. The second-order valence-electron chi connectivity index (χ2n) is 5.62. The number of nitrogens with zero attached hydrogens (tertiary/aromatic N) is 2. The molecule has 1 aromatic carbocycles. The van der Waals surface area contributed by atoms with Crippen molar-refractivity contribution >= 4 is 23.2 Å². The number of hydrogen-bond acceptors (Lipinski definition) is 3. The summed E-state index contributed by atoms with van der Waals surface area (Å²) < 4.78 is 0. The third-order valence-electron chi connectivity index (χ3n) is 3.27. The van der Waals surface area contributed by atoms with Gasteiger partial charge in [-0.25, -0.2) is 0 Å². The molecule has 0 unspecified atom stereocenters. The third-order valence-corrected chi connectivity index (χ3v) is 3.58. The first kappa shape index (κ1) is 17.8. The standard InChI is InChI=1S/C16H26ClN3O/c1-6-20(11-16(21)19(4)5)15-8-7-13(9-14(15)17)10-18-12(2)3/h7-9,12,18H,6,10-11H2,1-5H3. The number of hydrogen-bond donors (Lipinski definition) is 1. The SMILES string of the molecule is CCN(CC(=O)N(C)C)c1ccc(CNC(C)C)cc1Cl. The van der Waals surface area contributed by atoms with Crippen molar-refractivity contribution in [3.63, 3.8) is 0 Å². The van der Waals surface area contributed by atoms with Crippen LogP contribution >= 0.6 is 11.6 Å². The minimum absolute atomic E-state index is 0.0680. The molecule has 0 radical (unpaired) electrons. The minimum Gasteiger partial charge on any atom is -0.361 e. The Morgan fingerprint density at radius 2 is 2.00 bits per heavy atom. The van der Waals surface area contributed by atoms with Gasteiger partial charge in [-0.05, 0) is 24.6 Å². The average Bonchev–Trinajstić information content (AvgIpc) is 2.42. The van der Waals surface area contributed by atoms with E-state index in [-0.39, 0.29) is 5.91 Å². The van der Waals surface area contributed by atoms with Crippen LogP contribution < -0.4 is 10.2 Å². The van der Waals surface area contributed by atoms with E-state index in [4.69, 9.17) is 11.6 Å². The van der Waals surface area contributed by atoms with Crippen LogP contribution in [0.25, 0.3) is 0 Å². The van der Waals surface area contributed by atoms with Crippen molar-refractivity contribution in [3.05, 3.63) is 28.8 Å². The van der Waals surface area contributed by atoms with Gasteiger partial charge in [0, 0.05) is 33.2 Å². The monoisotopic (exact) mass is 311 g/mol. The minimum atomic E-state index is 0.0680. The third kappa shape index (κ3) is 5.56. The maximum absolute atomic E-state index is 11.9. The van der Waals surface area contributed by atoms with Crippen molar-refractivity contribution in [2.75, 3.05) is 32.1 Å². The quantitative estimate of drug-likeness (QED) is 0.841. The van der Waals surface area contributed by atoms with E-state index in [0.29, 0.717) is 17.6 Å². The van der Waals surface area contributed by atoms with E-state index in [1.54, 1.807) is 19.0 Å². The zero-order chi connectivity index (χ0) is 16.0. The van der Waals surface area contributed by atoms with Gasteiger partial charge in [-0.2, -0.15) is 0 Å².